The van der Waals surface area contributed by atoms with Crippen LogP contribution in [0.1, 0.15) is 39.0 Å². The van der Waals surface area contributed by atoms with Crippen molar-refractivity contribution >= 4 is 11.3 Å². The van der Waals surface area contributed by atoms with Crippen molar-refractivity contribution in [1.82, 2.24) is 0 Å². The lowest BCUT2D eigenvalue weighted by atomic mass is 10.0. The van der Waals surface area contributed by atoms with Gasteiger partial charge in [0.25, 0.3) is 0 Å². The average Bonchev–Trinajstić information content (AvgIpc) is 2.97. The Labute approximate surface area is 118 Å². The van der Waals surface area contributed by atoms with E-state index in [1.54, 1.807) is 0 Å². The van der Waals surface area contributed by atoms with Crippen LogP contribution in [0.15, 0.2) is 30.3 Å². The predicted octanol–water partition coefficient (Wildman–Crippen LogP) is 4.34. The first-order valence-electron chi connectivity index (χ1n) is 6.42. The van der Waals surface area contributed by atoms with Crippen molar-refractivity contribution < 1.29 is 18.3 Å². The summed E-state index contributed by atoms with van der Waals surface area (Å²) in [4.78, 5) is 1.99. The Morgan fingerprint density at radius 1 is 1.15 bits per heavy atom. The van der Waals surface area contributed by atoms with Crippen LogP contribution in [0.25, 0.3) is 0 Å². The van der Waals surface area contributed by atoms with E-state index in [4.69, 9.17) is 0 Å². The maximum atomic E-state index is 12.7. The Hall–Kier alpha value is -1.33. The van der Waals surface area contributed by atoms with E-state index in [9.17, 15) is 18.3 Å². The van der Waals surface area contributed by atoms with E-state index >= 15 is 0 Å². The minimum atomic E-state index is -4.38. The number of thiophene rings is 1. The zero-order valence-electron chi connectivity index (χ0n) is 10.6. The number of hydrogen-bond donors (Lipinski definition) is 1. The molecule has 106 valence electrons. The van der Waals surface area contributed by atoms with Crippen LogP contribution in [0.2, 0.25) is 0 Å². The van der Waals surface area contributed by atoms with Gasteiger partial charge in [-0.1, -0.05) is 12.1 Å². The quantitative estimate of drug-likeness (QED) is 0.874. The van der Waals surface area contributed by atoms with Gasteiger partial charge in [-0.3, -0.25) is 0 Å². The second kappa shape index (κ2) is 4.90. The predicted molar refractivity (Wildman–Crippen MR) is 71.8 cm³/mol. The van der Waals surface area contributed by atoms with E-state index in [1.165, 1.54) is 33.9 Å². The summed E-state index contributed by atoms with van der Waals surface area (Å²) in [7, 11) is 0. The molecule has 1 atom stereocenters. The summed E-state index contributed by atoms with van der Waals surface area (Å²) in [5, 5.41) is 10.3. The highest BCUT2D eigenvalue weighted by Crippen LogP contribution is 2.37. The molecule has 3 rings (SSSR count). The third kappa shape index (κ3) is 2.47. The van der Waals surface area contributed by atoms with E-state index in [0.717, 1.165) is 36.3 Å². The third-order valence-corrected chi connectivity index (χ3v) is 4.85. The van der Waals surface area contributed by atoms with Gasteiger partial charge in [-0.25, -0.2) is 0 Å². The maximum Gasteiger partial charge on any atom is 0.416 e. The van der Waals surface area contributed by atoms with Crippen molar-refractivity contribution in [2.24, 2.45) is 0 Å². The summed E-state index contributed by atoms with van der Waals surface area (Å²) < 4.78 is 38.1. The van der Waals surface area contributed by atoms with Crippen LogP contribution < -0.4 is 0 Å². The Balaban J connectivity index is 1.91. The molecular weight excluding hydrogens is 285 g/mol. The lowest BCUT2D eigenvalue weighted by Gasteiger charge is -2.12. The fourth-order valence-corrected chi connectivity index (χ4v) is 3.81. The number of aliphatic hydroxyl groups excluding tert-OH is 1. The largest absolute Gasteiger partial charge is 0.416 e. The molecule has 1 aromatic heterocycles. The number of hydrogen-bond acceptors (Lipinski definition) is 2. The zero-order chi connectivity index (χ0) is 14.3. The first-order valence-corrected chi connectivity index (χ1v) is 7.23. The molecule has 1 aliphatic rings. The molecule has 1 unspecified atom stereocenters. The molecule has 0 aliphatic heterocycles. The first-order chi connectivity index (χ1) is 9.45. The Kier molecular flexibility index (Phi) is 3.34. The van der Waals surface area contributed by atoms with Crippen molar-refractivity contribution in [2.75, 3.05) is 0 Å². The second-order valence-electron chi connectivity index (χ2n) is 4.98. The van der Waals surface area contributed by atoms with Gasteiger partial charge >= 0.3 is 6.18 Å². The molecular formula is C15H13F3OS. The van der Waals surface area contributed by atoms with Crippen molar-refractivity contribution in [1.29, 1.82) is 0 Å². The highest BCUT2D eigenvalue weighted by molar-refractivity contribution is 7.12. The van der Waals surface area contributed by atoms with Gasteiger partial charge in [0.1, 0.15) is 6.10 Å². The summed E-state index contributed by atoms with van der Waals surface area (Å²) in [5.41, 5.74) is 0.800. The summed E-state index contributed by atoms with van der Waals surface area (Å²) in [5.74, 6) is 0. The molecule has 0 bridgehead atoms. The number of fused-ring (bicyclic) bond motifs is 1. The topological polar surface area (TPSA) is 20.2 Å². The van der Waals surface area contributed by atoms with Crippen molar-refractivity contribution in [3.8, 4) is 0 Å². The van der Waals surface area contributed by atoms with Crippen LogP contribution in [0, 0.1) is 0 Å². The van der Waals surface area contributed by atoms with Crippen LogP contribution in [0.4, 0.5) is 13.2 Å². The normalized spacial score (nSPS) is 16.2. The molecule has 1 nitrogen and oxygen atoms in total. The molecule has 5 heteroatoms. The fraction of sp³-hybridized carbons (Fsp3) is 0.333. The van der Waals surface area contributed by atoms with Gasteiger partial charge in [0.15, 0.2) is 0 Å². The molecule has 0 amide bonds. The van der Waals surface area contributed by atoms with Gasteiger partial charge in [-0.05, 0) is 48.6 Å². The number of aliphatic hydroxyl groups is 1. The van der Waals surface area contributed by atoms with Crippen LogP contribution in [0.3, 0.4) is 0 Å². The minimum Gasteiger partial charge on any atom is -0.383 e. The van der Waals surface area contributed by atoms with Crippen LogP contribution in [0.5, 0.6) is 0 Å². The number of aryl methyl sites for hydroxylation is 2. The van der Waals surface area contributed by atoms with Crippen molar-refractivity contribution in [2.45, 2.75) is 31.5 Å². The molecule has 0 saturated carbocycles. The smallest absolute Gasteiger partial charge is 0.383 e. The number of rotatable bonds is 2. The molecule has 1 N–H and O–H groups in total. The Morgan fingerprint density at radius 2 is 1.95 bits per heavy atom. The van der Waals surface area contributed by atoms with E-state index in [0.29, 0.717) is 5.56 Å². The van der Waals surface area contributed by atoms with E-state index in [-0.39, 0.29) is 0 Å². The zero-order valence-corrected chi connectivity index (χ0v) is 11.4. The highest BCUT2D eigenvalue weighted by atomic mass is 32.1. The first kappa shape index (κ1) is 13.6. The van der Waals surface area contributed by atoms with Crippen molar-refractivity contribution in [3.63, 3.8) is 0 Å². The van der Waals surface area contributed by atoms with Gasteiger partial charge in [-0.15, -0.1) is 11.3 Å². The summed E-state index contributed by atoms with van der Waals surface area (Å²) in [6, 6.07) is 6.84. The molecule has 0 fully saturated rings. The molecule has 1 heterocycles. The van der Waals surface area contributed by atoms with Gasteiger partial charge in [-0.2, -0.15) is 13.2 Å². The van der Waals surface area contributed by atoms with E-state index < -0.39 is 17.8 Å². The Bertz CT molecular complexity index is 609. The lowest BCUT2D eigenvalue weighted by Crippen LogP contribution is -2.06. The molecule has 0 saturated heterocycles. The molecule has 1 aliphatic carbocycles. The number of benzene rings is 1. The van der Waals surface area contributed by atoms with Gasteiger partial charge < -0.3 is 5.11 Å². The van der Waals surface area contributed by atoms with Crippen LogP contribution in [-0.4, -0.2) is 5.11 Å². The average molecular weight is 298 g/mol. The SMILES string of the molecule is OC(c1cccc(C(F)(F)F)c1)c1cc2c(s1)CCC2. The van der Waals surface area contributed by atoms with Gasteiger partial charge in [0.2, 0.25) is 0 Å². The monoisotopic (exact) mass is 298 g/mol. The molecule has 1 aromatic carbocycles. The van der Waals surface area contributed by atoms with Crippen LogP contribution in [-0.2, 0) is 19.0 Å². The maximum absolute atomic E-state index is 12.7. The Morgan fingerprint density at radius 3 is 2.65 bits per heavy atom. The third-order valence-electron chi connectivity index (χ3n) is 3.56. The number of halogens is 3. The van der Waals surface area contributed by atoms with Crippen LogP contribution >= 0.6 is 11.3 Å². The summed E-state index contributed by atoms with van der Waals surface area (Å²) in [6.45, 7) is 0. The minimum absolute atomic E-state index is 0.291. The highest BCUT2D eigenvalue weighted by Gasteiger charge is 2.31. The standard InChI is InChI=1S/C15H13F3OS/c16-15(17,18)11-5-1-4-10(7-11)14(19)13-8-9-3-2-6-12(9)20-13/h1,4-5,7-8,14,19H,2-3,6H2. The van der Waals surface area contributed by atoms with E-state index in [2.05, 4.69) is 0 Å². The van der Waals surface area contributed by atoms with E-state index in [1.807, 2.05) is 6.07 Å². The number of alkyl halides is 3. The lowest BCUT2D eigenvalue weighted by molar-refractivity contribution is -0.137. The van der Waals surface area contributed by atoms with Gasteiger partial charge in [0.05, 0.1) is 5.56 Å². The summed E-state index contributed by atoms with van der Waals surface area (Å²) in [6.07, 6.45) is -2.22. The summed E-state index contributed by atoms with van der Waals surface area (Å²) >= 11 is 1.51. The van der Waals surface area contributed by atoms with Crippen molar-refractivity contribution in [3.05, 3.63) is 56.8 Å². The second-order valence-corrected chi connectivity index (χ2v) is 6.14. The van der Waals surface area contributed by atoms with Gasteiger partial charge in [0, 0.05) is 9.75 Å². The fourth-order valence-electron chi connectivity index (χ4n) is 2.54. The molecule has 0 radical (unpaired) electrons. The molecule has 2 aromatic rings. The molecule has 0 spiro atoms. The molecule has 20 heavy (non-hydrogen) atoms.